The molecule has 0 amide bonds. The molecule has 1 aliphatic heterocycles. The SMILES string of the molecule is c1ccc(CNC2CCCN(C3CCCCC3)C2)cc1. The second-order valence-corrected chi connectivity index (χ2v) is 6.49. The van der Waals surface area contributed by atoms with Crippen molar-refractivity contribution in [1.29, 1.82) is 0 Å². The van der Waals surface area contributed by atoms with Gasteiger partial charge in [-0.25, -0.2) is 0 Å². The van der Waals surface area contributed by atoms with Crippen LogP contribution in [0.25, 0.3) is 0 Å². The molecule has 3 rings (SSSR count). The molecule has 20 heavy (non-hydrogen) atoms. The zero-order valence-corrected chi connectivity index (χ0v) is 12.6. The Bertz CT molecular complexity index is 384. The van der Waals surface area contributed by atoms with Gasteiger partial charge in [0.15, 0.2) is 0 Å². The minimum Gasteiger partial charge on any atom is -0.309 e. The van der Waals surface area contributed by atoms with Crippen molar-refractivity contribution in [2.75, 3.05) is 13.1 Å². The molecule has 1 aromatic rings. The van der Waals surface area contributed by atoms with Crippen LogP contribution in [0.15, 0.2) is 30.3 Å². The third-order valence-corrected chi connectivity index (χ3v) is 4.98. The topological polar surface area (TPSA) is 15.3 Å². The molecule has 1 aromatic carbocycles. The minimum atomic E-state index is 0.686. The van der Waals surface area contributed by atoms with Gasteiger partial charge in [-0.2, -0.15) is 0 Å². The zero-order chi connectivity index (χ0) is 13.6. The lowest BCUT2D eigenvalue weighted by Crippen LogP contribution is -2.49. The van der Waals surface area contributed by atoms with Crippen molar-refractivity contribution in [3.63, 3.8) is 0 Å². The predicted molar refractivity (Wildman–Crippen MR) is 84.7 cm³/mol. The molecule has 0 bridgehead atoms. The fourth-order valence-corrected chi connectivity index (χ4v) is 3.81. The van der Waals surface area contributed by atoms with Gasteiger partial charge in [-0.1, -0.05) is 49.6 Å². The summed E-state index contributed by atoms with van der Waals surface area (Å²) in [6, 6.07) is 12.4. The average Bonchev–Trinajstić information content (AvgIpc) is 2.55. The van der Waals surface area contributed by atoms with Crippen molar-refractivity contribution in [2.45, 2.75) is 63.6 Å². The quantitative estimate of drug-likeness (QED) is 0.901. The second kappa shape index (κ2) is 7.24. The molecule has 0 spiro atoms. The number of piperidine rings is 1. The molecule has 1 unspecified atom stereocenters. The van der Waals surface area contributed by atoms with E-state index in [1.54, 1.807) is 0 Å². The molecule has 1 saturated carbocycles. The van der Waals surface area contributed by atoms with Crippen molar-refractivity contribution in [2.24, 2.45) is 0 Å². The highest BCUT2D eigenvalue weighted by Crippen LogP contribution is 2.25. The molecule has 110 valence electrons. The Morgan fingerprint density at radius 2 is 1.75 bits per heavy atom. The van der Waals surface area contributed by atoms with E-state index in [4.69, 9.17) is 0 Å². The van der Waals surface area contributed by atoms with Gasteiger partial charge in [0.2, 0.25) is 0 Å². The van der Waals surface area contributed by atoms with Crippen LogP contribution in [0.3, 0.4) is 0 Å². The number of nitrogens with zero attached hydrogens (tertiary/aromatic N) is 1. The molecule has 1 atom stereocenters. The van der Waals surface area contributed by atoms with E-state index < -0.39 is 0 Å². The smallest absolute Gasteiger partial charge is 0.0208 e. The molecule has 1 saturated heterocycles. The van der Waals surface area contributed by atoms with Crippen LogP contribution in [0.4, 0.5) is 0 Å². The highest BCUT2D eigenvalue weighted by Gasteiger charge is 2.26. The van der Waals surface area contributed by atoms with E-state index in [0.717, 1.165) is 12.6 Å². The Morgan fingerprint density at radius 1 is 0.950 bits per heavy atom. The van der Waals surface area contributed by atoms with Crippen molar-refractivity contribution in [1.82, 2.24) is 10.2 Å². The average molecular weight is 272 g/mol. The monoisotopic (exact) mass is 272 g/mol. The zero-order valence-electron chi connectivity index (χ0n) is 12.6. The van der Waals surface area contributed by atoms with Crippen LogP contribution in [0.1, 0.15) is 50.5 Å². The number of rotatable bonds is 4. The molecule has 2 nitrogen and oxygen atoms in total. The maximum Gasteiger partial charge on any atom is 0.0208 e. The van der Waals surface area contributed by atoms with Crippen molar-refractivity contribution < 1.29 is 0 Å². The Morgan fingerprint density at radius 3 is 2.55 bits per heavy atom. The lowest BCUT2D eigenvalue weighted by Gasteiger charge is -2.40. The van der Waals surface area contributed by atoms with E-state index in [1.165, 1.54) is 63.6 Å². The summed E-state index contributed by atoms with van der Waals surface area (Å²) in [5.74, 6) is 0. The second-order valence-electron chi connectivity index (χ2n) is 6.49. The van der Waals surface area contributed by atoms with Gasteiger partial charge in [-0.3, -0.25) is 4.90 Å². The molecule has 2 aliphatic rings. The molecular formula is C18H28N2. The van der Waals surface area contributed by atoms with Gasteiger partial charge < -0.3 is 5.32 Å². The first-order chi connectivity index (χ1) is 9.92. The third kappa shape index (κ3) is 3.83. The first kappa shape index (κ1) is 14.1. The van der Waals surface area contributed by atoms with E-state index in [2.05, 4.69) is 40.5 Å². The Kier molecular flexibility index (Phi) is 5.10. The van der Waals surface area contributed by atoms with Crippen LogP contribution >= 0.6 is 0 Å². The third-order valence-electron chi connectivity index (χ3n) is 4.98. The molecule has 0 aromatic heterocycles. The van der Waals surface area contributed by atoms with E-state index in [9.17, 15) is 0 Å². The summed E-state index contributed by atoms with van der Waals surface area (Å²) in [5, 5.41) is 3.77. The Labute approximate surface area is 123 Å². The Hall–Kier alpha value is -0.860. The van der Waals surface area contributed by atoms with Crippen molar-refractivity contribution in [3.8, 4) is 0 Å². The first-order valence-electron chi connectivity index (χ1n) is 8.43. The summed E-state index contributed by atoms with van der Waals surface area (Å²) in [7, 11) is 0. The number of nitrogens with one attached hydrogen (secondary N) is 1. The number of hydrogen-bond donors (Lipinski definition) is 1. The van der Waals surface area contributed by atoms with Crippen molar-refractivity contribution >= 4 is 0 Å². The van der Waals surface area contributed by atoms with Crippen LogP contribution in [0.5, 0.6) is 0 Å². The van der Waals surface area contributed by atoms with Crippen molar-refractivity contribution in [3.05, 3.63) is 35.9 Å². The van der Waals surface area contributed by atoms with Gasteiger partial charge in [0.25, 0.3) is 0 Å². The van der Waals surface area contributed by atoms with Gasteiger partial charge in [0, 0.05) is 25.2 Å². The fourth-order valence-electron chi connectivity index (χ4n) is 3.81. The lowest BCUT2D eigenvalue weighted by atomic mass is 9.92. The molecule has 1 N–H and O–H groups in total. The summed E-state index contributed by atoms with van der Waals surface area (Å²) in [6.45, 7) is 3.61. The maximum atomic E-state index is 3.77. The maximum absolute atomic E-state index is 3.77. The minimum absolute atomic E-state index is 0.686. The van der Waals surface area contributed by atoms with Gasteiger partial charge in [-0.05, 0) is 37.8 Å². The molecule has 2 heteroatoms. The summed E-state index contributed by atoms with van der Waals surface area (Å²) in [4.78, 5) is 2.77. The van der Waals surface area contributed by atoms with E-state index in [1.807, 2.05) is 0 Å². The number of likely N-dealkylation sites (tertiary alicyclic amines) is 1. The van der Waals surface area contributed by atoms with Crippen LogP contribution in [0, 0.1) is 0 Å². The highest BCUT2D eigenvalue weighted by molar-refractivity contribution is 5.14. The first-order valence-corrected chi connectivity index (χ1v) is 8.43. The van der Waals surface area contributed by atoms with Crippen LogP contribution in [0.2, 0.25) is 0 Å². The Balaban J connectivity index is 1.47. The summed E-state index contributed by atoms with van der Waals surface area (Å²) < 4.78 is 0. The van der Waals surface area contributed by atoms with E-state index in [-0.39, 0.29) is 0 Å². The van der Waals surface area contributed by atoms with Gasteiger partial charge in [-0.15, -0.1) is 0 Å². The normalized spacial score (nSPS) is 25.7. The number of benzene rings is 1. The number of hydrogen-bond acceptors (Lipinski definition) is 2. The van der Waals surface area contributed by atoms with Crippen LogP contribution in [-0.4, -0.2) is 30.1 Å². The molecule has 1 heterocycles. The fraction of sp³-hybridized carbons (Fsp3) is 0.667. The predicted octanol–water partition coefficient (Wildman–Crippen LogP) is 3.57. The molecule has 1 aliphatic carbocycles. The van der Waals surface area contributed by atoms with Gasteiger partial charge >= 0.3 is 0 Å². The molecule has 0 radical (unpaired) electrons. The lowest BCUT2D eigenvalue weighted by molar-refractivity contribution is 0.110. The van der Waals surface area contributed by atoms with E-state index in [0.29, 0.717) is 6.04 Å². The molecular weight excluding hydrogens is 244 g/mol. The van der Waals surface area contributed by atoms with E-state index >= 15 is 0 Å². The van der Waals surface area contributed by atoms with Gasteiger partial charge in [0.1, 0.15) is 0 Å². The van der Waals surface area contributed by atoms with Crippen LogP contribution in [-0.2, 0) is 6.54 Å². The summed E-state index contributed by atoms with van der Waals surface area (Å²) >= 11 is 0. The van der Waals surface area contributed by atoms with Gasteiger partial charge in [0.05, 0.1) is 0 Å². The molecule has 2 fully saturated rings. The summed E-state index contributed by atoms with van der Waals surface area (Å²) in [6.07, 6.45) is 9.93. The highest BCUT2D eigenvalue weighted by atomic mass is 15.2. The summed E-state index contributed by atoms with van der Waals surface area (Å²) in [5.41, 5.74) is 1.40. The van der Waals surface area contributed by atoms with Crippen LogP contribution < -0.4 is 5.32 Å². The largest absolute Gasteiger partial charge is 0.309 e. The standard InChI is InChI=1S/C18H28N2/c1-3-8-16(9-4-1)14-19-17-10-7-13-20(15-17)18-11-5-2-6-12-18/h1,3-4,8-9,17-19H,2,5-7,10-15H2.